The number of hydrogen-bond donors (Lipinski definition) is 2. The first-order chi connectivity index (χ1) is 10.1. The summed E-state index contributed by atoms with van der Waals surface area (Å²) in [6, 6.07) is 13.1. The summed E-state index contributed by atoms with van der Waals surface area (Å²) >= 11 is 0. The molecule has 4 nitrogen and oxygen atoms in total. The second-order valence-corrected chi connectivity index (χ2v) is 4.86. The van der Waals surface area contributed by atoms with E-state index >= 15 is 0 Å². The number of anilines is 3. The summed E-state index contributed by atoms with van der Waals surface area (Å²) in [6.45, 7) is 4.30. The lowest BCUT2D eigenvalue weighted by molar-refractivity contribution is 0.101. The highest BCUT2D eigenvalue weighted by Crippen LogP contribution is 2.23. The molecule has 110 valence electrons. The van der Waals surface area contributed by atoms with Crippen LogP contribution in [0.3, 0.4) is 0 Å². The highest BCUT2D eigenvalue weighted by Gasteiger charge is 2.06. The average molecular weight is 284 g/mol. The smallest absolute Gasteiger partial charge is 0.161 e. The normalized spacial score (nSPS) is 10.2. The number of nitrogens with two attached hydrogens (primary N) is 1. The summed E-state index contributed by atoms with van der Waals surface area (Å²) in [5, 5.41) is 3.25. The van der Waals surface area contributed by atoms with Gasteiger partial charge in [-0.05, 0) is 55.8 Å². The Balaban J connectivity index is 2.11. The van der Waals surface area contributed by atoms with Gasteiger partial charge in [-0.15, -0.1) is 0 Å². The van der Waals surface area contributed by atoms with Crippen LogP contribution in [0.5, 0.6) is 5.75 Å². The van der Waals surface area contributed by atoms with E-state index in [1.165, 1.54) is 6.92 Å². The molecule has 2 rings (SSSR count). The molecule has 0 aliphatic heterocycles. The van der Waals surface area contributed by atoms with Gasteiger partial charge in [0.1, 0.15) is 5.75 Å². The molecule has 21 heavy (non-hydrogen) atoms. The summed E-state index contributed by atoms with van der Waals surface area (Å²) in [5.74, 6) is 0.809. The van der Waals surface area contributed by atoms with E-state index in [2.05, 4.69) is 12.2 Å². The van der Waals surface area contributed by atoms with Crippen LogP contribution in [0.4, 0.5) is 17.1 Å². The van der Waals surface area contributed by atoms with Crippen LogP contribution >= 0.6 is 0 Å². The van der Waals surface area contributed by atoms with E-state index in [9.17, 15) is 4.79 Å². The Bertz CT molecular complexity index is 621. The fraction of sp³-hybridized carbons (Fsp3) is 0.235. The van der Waals surface area contributed by atoms with Crippen molar-refractivity contribution in [3.05, 3.63) is 48.0 Å². The van der Waals surface area contributed by atoms with Crippen molar-refractivity contribution in [2.75, 3.05) is 17.7 Å². The van der Waals surface area contributed by atoms with Gasteiger partial charge in [-0.3, -0.25) is 4.79 Å². The minimum absolute atomic E-state index is 0.0422. The van der Waals surface area contributed by atoms with E-state index in [1.54, 1.807) is 12.1 Å². The molecule has 0 saturated heterocycles. The minimum Gasteiger partial charge on any atom is -0.494 e. The van der Waals surface area contributed by atoms with Gasteiger partial charge in [0, 0.05) is 22.6 Å². The monoisotopic (exact) mass is 284 g/mol. The number of benzene rings is 2. The fourth-order valence-corrected chi connectivity index (χ4v) is 1.96. The van der Waals surface area contributed by atoms with Crippen LogP contribution < -0.4 is 15.8 Å². The van der Waals surface area contributed by atoms with Gasteiger partial charge in [0.25, 0.3) is 0 Å². The van der Waals surface area contributed by atoms with E-state index in [4.69, 9.17) is 10.5 Å². The van der Waals surface area contributed by atoms with Gasteiger partial charge in [-0.25, -0.2) is 0 Å². The van der Waals surface area contributed by atoms with Crippen molar-refractivity contribution < 1.29 is 9.53 Å². The lowest BCUT2D eigenvalue weighted by Gasteiger charge is -2.10. The third-order valence-corrected chi connectivity index (χ3v) is 3.05. The van der Waals surface area contributed by atoms with Crippen LogP contribution in [0.1, 0.15) is 30.6 Å². The Morgan fingerprint density at radius 3 is 2.43 bits per heavy atom. The van der Waals surface area contributed by atoms with E-state index in [-0.39, 0.29) is 5.78 Å². The third kappa shape index (κ3) is 3.99. The summed E-state index contributed by atoms with van der Waals surface area (Å²) in [4.78, 5) is 11.5. The molecule has 0 unspecified atom stereocenters. The molecule has 0 heterocycles. The topological polar surface area (TPSA) is 64.3 Å². The molecule has 0 aromatic heterocycles. The summed E-state index contributed by atoms with van der Waals surface area (Å²) in [6.07, 6.45) is 0.985. The SMILES string of the molecule is CCCOc1ccc(Nc2ccc(N)c(C(C)=O)c2)cc1. The van der Waals surface area contributed by atoms with Crippen molar-refractivity contribution in [2.24, 2.45) is 0 Å². The number of Topliss-reactive ketones (excluding diaryl/α,β-unsaturated/α-hetero) is 1. The third-order valence-electron chi connectivity index (χ3n) is 3.05. The van der Waals surface area contributed by atoms with Crippen LogP contribution in [0, 0.1) is 0 Å². The highest BCUT2D eigenvalue weighted by atomic mass is 16.5. The van der Waals surface area contributed by atoms with Gasteiger partial charge in [-0.2, -0.15) is 0 Å². The number of nitrogen functional groups attached to an aromatic ring is 1. The maximum absolute atomic E-state index is 11.5. The molecule has 0 radical (unpaired) electrons. The molecule has 2 aromatic rings. The molecule has 4 heteroatoms. The second kappa shape index (κ2) is 6.79. The molecule has 3 N–H and O–H groups in total. The molecule has 0 bridgehead atoms. The Hall–Kier alpha value is -2.49. The van der Waals surface area contributed by atoms with Gasteiger partial charge in [0.15, 0.2) is 5.78 Å². The van der Waals surface area contributed by atoms with Gasteiger partial charge < -0.3 is 15.8 Å². The first-order valence-corrected chi connectivity index (χ1v) is 7.00. The summed E-state index contributed by atoms with van der Waals surface area (Å²) in [5.41, 5.74) is 8.57. The van der Waals surface area contributed by atoms with E-state index < -0.39 is 0 Å². The Morgan fingerprint density at radius 2 is 1.81 bits per heavy atom. The molecule has 0 aliphatic rings. The van der Waals surface area contributed by atoms with Crippen molar-refractivity contribution >= 4 is 22.8 Å². The Labute approximate surface area is 124 Å². The van der Waals surface area contributed by atoms with E-state index in [0.717, 1.165) is 23.5 Å². The lowest BCUT2D eigenvalue weighted by atomic mass is 10.1. The van der Waals surface area contributed by atoms with E-state index in [0.29, 0.717) is 17.9 Å². The Kier molecular flexibility index (Phi) is 4.82. The van der Waals surface area contributed by atoms with Crippen LogP contribution in [-0.4, -0.2) is 12.4 Å². The fourth-order valence-electron chi connectivity index (χ4n) is 1.96. The van der Waals surface area contributed by atoms with Crippen molar-refractivity contribution in [2.45, 2.75) is 20.3 Å². The summed E-state index contributed by atoms with van der Waals surface area (Å²) < 4.78 is 5.54. The number of nitrogens with one attached hydrogen (secondary N) is 1. The van der Waals surface area contributed by atoms with Crippen LogP contribution in [-0.2, 0) is 0 Å². The number of ketones is 1. The molecule has 0 amide bonds. The van der Waals surface area contributed by atoms with Crippen molar-refractivity contribution in [1.82, 2.24) is 0 Å². The maximum Gasteiger partial charge on any atom is 0.161 e. The first-order valence-electron chi connectivity index (χ1n) is 7.00. The van der Waals surface area contributed by atoms with Crippen molar-refractivity contribution in [1.29, 1.82) is 0 Å². The predicted molar refractivity (Wildman–Crippen MR) is 86.4 cm³/mol. The zero-order valence-electron chi connectivity index (χ0n) is 12.3. The molecule has 0 fully saturated rings. The number of carbonyl (C=O) groups excluding carboxylic acids is 1. The van der Waals surface area contributed by atoms with Crippen LogP contribution in [0.2, 0.25) is 0 Å². The van der Waals surface area contributed by atoms with Gasteiger partial charge in [-0.1, -0.05) is 6.92 Å². The van der Waals surface area contributed by atoms with Gasteiger partial charge in [0.2, 0.25) is 0 Å². The zero-order chi connectivity index (χ0) is 15.2. The van der Waals surface area contributed by atoms with Crippen LogP contribution in [0.15, 0.2) is 42.5 Å². The molecule has 0 saturated carbocycles. The Morgan fingerprint density at radius 1 is 1.14 bits per heavy atom. The number of carbonyl (C=O) groups is 1. The molecule has 0 aliphatic carbocycles. The number of rotatable bonds is 6. The van der Waals surface area contributed by atoms with Gasteiger partial charge >= 0.3 is 0 Å². The molecule has 0 atom stereocenters. The zero-order valence-corrected chi connectivity index (χ0v) is 12.3. The second-order valence-electron chi connectivity index (χ2n) is 4.86. The average Bonchev–Trinajstić information content (AvgIpc) is 2.48. The van der Waals surface area contributed by atoms with Gasteiger partial charge in [0.05, 0.1) is 6.61 Å². The standard InChI is InChI=1S/C17H20N2O2/c1-3-10-21-15-7-4-13(5-8-15)19-14-6-9-17(18)16(11-14)12(2)20/h4-9,11,19H,3,10,18H2,1-2H3. The molecule has 0 spiro atoms. The number of ether oxygens (including phenoxy) is 1. The first kappa shape index (κ1) is 14.9. The quantitative estimate of drug-likeness (QED) is 0.621. The summed E-state index contributed by atoms with van der Waals surface area (Å²) in [7, 11) is 0. The maximum atomic E-state index is 11.5. The molecular formula is C17H20N2O2. The van der Waals surface area contributed by atoms with Crippen molar-refractivity contribution in [3.8, 4) is 5.75 Å². The number of hydrogen-bond acceptors (Lipinski definition) is 4. The minimum atomic E-state index is -0.0422. The van der Waals surface area contributed by atoms with Crippen LogP contribution in [0.25, 0.3) is 0 Å². The molecule has 2 aromatic carbocycles. The largest absolute Gasteiger partial charge is 0.494 e. The highest BCUT2D eigenvalue weighted by molar-refractivity contribution is 6.00. The lowest BCUT2D eigenvalue weighted by Crippen LogP contribution is -2.01. The predicted octanol–water partition coefficient (Wildman–Crippen LogP) is 4.00. The van der Waals surface area contributed by atoms with Crippen molar-refractivity contribution in [3.63, 3.8) is 0 Å². The van der Waals surface area contributed by atoms with E-state index in [1.807, 2.05) is 30.3 Å². The molecular weight excluding hydrogens is 264 g/mol.